The third-order valence-electron chi connectivity index (χ3n) is 4.45. The topological polar surface area (TPSA) is 63.2 Å². The maximum absolute atomic E-state index is 11.9. The van der Waals surface area contributed by atoms with E-state index in [4.69, 9.17) is 9.47 Å². The molecule has 1 aliphatic heterocycles. The van der Waals surface area contributed by atoms with Crippen LogP contribution in [0.5, 0.6) is 5.75 Å². The molecule has 1 aliphatic rings. The lowest BCUT2D eigenvalue weighted by Crippen LogP contribution is -2.40. The van der Waals surface area contributed by atoms with Gasteiger partial charge in [-0.15, -0.1) is 24.0 Å². The molecule has 1 aromatic rings. The van der Waals surface area contributed by atoms with Crippen LogP contribution in [0.25, 0.3) is 0 Å². The number of hydrogen-bond acceptors (Lipinski definition) is 4. The average molecular weight is 475 g/mol. The van der Waals surface area contributed by atoms with Crippen LogP contribution in [0.3, 0.4) is 0 Å². The van der Waals surface area contributed by atoms with Gasteiger partial charge in [-0.25, -0.2) is 0 Å². The highest BCUT2D eigenvalue weighted by molar-refractivity contribution is 14.0. The van der Waals surface area contributed by atoms with E-state index in [-0.39, 0.29) is 41.8 Å². The number of likely N-dealkylation sites (tertiary alicyclic amines) is 1. The first kappa shape index (κ1) is 22.5. The Kier molecular flexibility index (Phi) is 9.75. The minimum absolute atomic E-state index is 0. The summed E-state index contributed by atoms with van der Waals surface area (Å²) in [6.45, 7) is 6.96. The van der Waals surface area contributed by atoms with Crippen LogP contribution in [0.4, 0.5) is 0 Å². The number of carbonyl (C=O) groups excluding carboxylic acids is 1. The summed E-state index contributed by atoms with van der Waals surface area (Å²) < 4.78 is 10.6. The van der Waals surface area contributed by atoms with Gasteiger partial charge in [-0.3, -0.25) is 9.79 Å². The third-order valence-corrected chi connectivity index (χ3v) is 4.45. The second-order valence-electron chi connectivity index (χ2n) is 6.41. The second kappa shape index (κ2) is 11.3. The van der Waals surface area contributed by atoms with Gasteiger partial charge in [0, 0.05) is 26.7 Å². The van der Waals surface area contributed by atoms with Crippen LogP contribution in [-0.4, -0.2) is 50.7 Å². The van der Waals surface area contributed by atoms with E-state index in [1.807, 2.05) is 18.2 Å². The zero-order valence-electron chi connectivity index (χ0n) is 16.0. The summed E-state index contributed by atoms with van der Waals surface area (Å²) in [6, 6.07) is 8.07. The summed E-state index contributed by atoms with van der Waals surface area (Å²) in [5.74, 6) is 1.69. The molecule has 0 spiro atoms. The molecule has 0 aliphatic carbocycles. The van der Waals surface area contributed by atoms with E-state index in [1.54, 1.807) is 7.05 Å². The molecule has 1 aromatic carbocycles. The number of ether oxygens (including phenoxy) is 2. The molecular formula is C19H30IN3O3. The number of esters is 1. The normalized spacial score (nSPS) is 19.7. The molecule has 26 heavy (non-hydrogen) atoms. The summed E-state index contributed by atoms with van der Waals surface area (Å²) in [5, 5.41) is 3.38. The van der Waals surface area contributed by atoms with Crippen molar-refractivity contribution in [3.8, 4) is 5.75 Å². The number of carbonyl (C=O) groups is 1. The molecular weight excluding hydrogens is 445 g/mol. The minimum Gasteiger partial charge on any atom is -0.494 e. The van der Waals surface area contributed by atoms with Gasteiger partial charge in [0.1, 0.15) is 5.75 Å². The van der Waals surface area contributed by atoms with Gasteiger partial charge in [0.15, 0.2) is 5.96 Å². The Hall–Kier alpha value is -1.51. The molecule has 6 nitrogen and oxygen atoms in total. The van der Waals surface area contributed by atoms with E-state index >= 15 is 0 Å². The van der Waals surface area contributed by atoms with Crippen LogP contribution >= 0.6 is 24.0 Å². The molecule has 7 heteroatoms. The van der Waals surface area contributed by atoms with Crippen molar-refractivity contribution in [3.63, 3.8) is 0 Å². The van der Waals surface area contributed by atoms with E-state index < -0.39 is 0 Å². The molecule has 0 aromatic heterocycles. The lowest BCUT2D eigenvalue weighted by molar-refractivity contribution is -0.145. The quantitative estimate of drug-likeness (QED) is 0.297. The molecule has 0 amide bonds. The van der Waals surface area contributed by atoms with Crippen molar-refractivity contribution in [2.24, 2.45) is 16.8 Å². The van der Waals surface area contributed by atoms with Gasteiger partial charge < -0.3 is 19.7 Å². The van der Waals surface area contributed by atoms with Crippen molar-refractivity contribution in [1.29, 1.82) is 0 Å². The lowest BCUT2D eigenvalue weighted by atomic mass is 9.99. The molecule has 1 saturated heterocycles. The maximum atomic E-state index is 11.9. The SMILES string of the molecule is CCCOc1cccc(CNC(=NC)N2CC(C)C(C(=O)OC)C2)c1.I. The Morgan fingerprint density at radius 2 is 2.15 bits per heavy atom. The van der Waals surface area contributed by atoms with E-state index in [9.17, 15) is 4.79 Å². The number of benzene rings is 1. The fourth-order valence-electron chi connectivity index (χ4n) is 3.08. The number of nitrogens with one attached hydrogen (secondary N) is 1. The van der Waals surface area contributed by atoms with Gasteiger partial charge in [0.25, 0.3) is 0 Å². The van der Waals surface area contributed by atoms with Crippen LogP contribution in [-0.2, 0) is 16.1 Å². The monoisotopic (exact) mass is 475 g/mol. The van der Waals surface area contributed by atoms with Crippen LogP contribution < -0.4 is 10.1 Å². The van der Waals surface area contributed by atoms with Gasteiger partial charge in [0.05, 0.1) is 19.6 Å². The fourth-order valence-corrected chi connectivity index (χ4v) is 3.08. The van der Waals surface area contributed by atoms with Crippen LogP contribution in [0.15, 0.2) is 29.3 Å². The number of rotatable bonds is 6. The average Bonchev–Trinajstić information content (AvgIpc) is 3.01. The van der Waals surface area contributed by atoms with Gasteiger partial charge in [-0.1, -0.05) is 26.0 Å². The van der Waals surface area contributed by atoms with Crippen molar-refractivity contribution in [2.45, 2.75) is 26.8 Å². The van der Waals surface area contributed by atoms with Gasteiger partial charge in [0.2, 0.25) is 0 Å². The molecule has 0 bridgehead atoms. The number of guanidine groups is 1. The van der Waals surface area contributed by atoms with Gasteiger partial charge in [-0.05, 0) is 30.0 Å². The van der Waals surface area contributed by atoms with Crippen molar-refractivity contribution in [1.82, 2.24) is 10.2 Å². The highest BCUT2D eigenvalue weighted by Crippen LogP contribution is 2.24. The first-order valence-electron chi connectivity index (χ1n) is 8.84. The maximum Gasteiger partial charge on any atom is 0.310 e. The van der Waals surface area contributed by atoms with Gasteiger partial charge >= 0.3 is 5.97 Å². The lowest BCUT2D eigenvalue weighted by Gasteiger charge is -2.21. The number of methoxy groups -OCH3 is 1. The predicted molar refractivity (Wildman–Crippen MR) is 114 cm³/mol. The number of hydrogen-bond donors (Lipinski definition) is 1. The molecule has 1 heterocycles. The summed E-state index contributed by atoms with van der Waals surface area (Å²) in [6.07, 6.45) is 0.990. The van der Waals surface area contributed by atoms with Crippen LogP contribution in [0.1, 0.15) is 25.8 Å². The first-order valence-corrected chi connectivity index (χ1v) is 8.84. The van der Waals surface area contributed by atoms with E-state index in [0.717, 1.165) is 36.8 Å². The standard InChI is InChI=1S/C19H29N3O3.HI/c1-5-9-25-16-8-6-7-15(10-16)11-21-19(20-3)22-12-14(2)17(13-22)18(23)24-4;/h6-8,10,14,17H,5,9,11-13H2,1-4H3,(H,20,21);1H. The third kappa shape index (κ3) is 6.03. The number of halogens is 1. The highest BCUT2D eigenvalue weighted by atomic mass is 127. The van der Waals surface area contributed by atoms with E-state index in [0.29, 0.717) is 13.1 Å². The van der Waals surface area contributed by atoms with Crippen molar-refractivity contribution >= 4 is 35.9 Å². The summed E-state index contributed by atoms with van der Waals surface area (Å²) in [4.78, 5) is 18.3. The Morgan fingerprint density at radius 1 is 1.38 bits per heavy atom. The van der Waals surface area contributed by atoms with Crippen molar-refractivity contribution in [3.05, 3.63) is 29.8 Å². The Bertz CT molecular complexity index is 609. The molecule has 2 rings (SSSR count). The second-order valence-corrected chi connectivity index (χ2v) is 6.41. The van der Waals surface area contributed by atoms with Gasteiger partial charge in [-0.2, -0.15) is 0 Å². The Labute approximate surface area is 173 Å². The molecule has 0 radical (unpaired) electrons. The van der Waals surface area contributed by atoms with E-state index in [1.165, 1.54) is 7.11 Å². The van der Waals surface area contributed by atoms with Crippen LogP contribution in [0.2, 0.25) is 0 Å². The number of aliphatic imine (C=N–C) groups is 1. The largest absolute Gasteiger partial charge is 0.494 e. The number of nitrogens with zero attached hydrogens (tertiary/aromatic N) is 2. The zero-order valence-corrected chi connectivity index (χ0v) is 18.4. The highest BCUT2D eigenvalue weighted by Gasteiger charge is 2.36. The Morgan fingerprint density at radius 3 is 2.81 bits per heavy atom. The first-order chi connectivity index (χ1) is 12.1. The van der Waals surface area contributed by atoms with Crippen molar-refractivity contribution in [2.75, 3.05) is 33.9 Å². The molecule has 146 valence electrons. The molecule has 2 atom stereocenters. The van der Waals surface area contributed by atoms with E-state index in [2.05, 4.69) is 35.1 Å². The minimum atomic E-state index is -0.147. The summed E-state index contributed by atoms with van der Waals surface area (Å²) in [5.41, 5.74) is 1.13. The Balaban J connectivity index is 0.00000338. The molecule has 1 fully saturated rings. The smallest absolute Gasteiger partial charge is 0.310 e. The molecule has 0 saturated carbocycles. The van der Waals surface area contributed by atoms with Crippen LogP contribution in [0, 0.1) is 11.8 Å². The molecule has 1 N–H and O–H groups in total. The summed E-state index contributed by atoms with van der Waals surface area (Å²) >= 11 is 0. The fraction of sp³-hybridized carbons (Fsp3) is 0.579. The zero-order chi connectivity index (χ0) is 18.2. The predicted octanol–water partition coefficient (Wildman–Crippen LogP) is 2.91. The summed E-state index contributed by atoms with van der Waals surface area (Å²) in [7, 11) is 3.21. The van der Waals surface area contributed by atoms with Crippen molar-refractivity contribution < 1.29 is 14.3 Å². The molecule has 2 unspecified atom stereocenters.